The number of nitrogens with one attached hydrogen (secondary N) is 1. The van der Waals surface area contributed by atoms with E-state index in [1.54, 1.807) is 6.92 Å². The van der Waals surface area contributed by atoms with E-state index in [-0.39, 0.29) is 11.9 Å². The van der Waals surface area contributed by atoms with Crippen molar-refractivity contribution in [3.63, 3.8) is 0 Å². The second-order valence-electron chi connectivity index (χ2n) is 6.25. The molecule has 0 radical (unpaired) electrons. The molecule has 1 N–H and O–H groups in total. The molecule has 1 aliphatic carbocycles. The van der Waals surface area contributed by atoms with Gasteiger partial charge in [0.15, 0.2) is 0 Å². The van der Waals surface area contributed by atoms with Crippen LogP contribution in [0, 0.1) is 0 Å². The summed E-state index contributed by atoms with van der Waals surface area (Å²) in [4.78, 5) is 24.6. The molecule has 0 atom stereocenters. The Balaban J connectivity index is 1.86. The molecule has 0 heterocycles. The first-order chi connectivity index (χ1) is 11.2. The van der Waals surface area contributed by atoms with Crippen LogP contribution >= 0.6 is 0 Å². The first-order valence-electron chi connectivity index (χ1n) is 8.68. The van der Waals surface area contributed by atoms with Crippen LogP contribution in [-0.2, 0) is 20.7 Å². The van der Waals surface area contributed by atoms with Crippen LogP contribution < -0.4 is 5.32 Å². The normalized spacial score (nSPS) is 16.6. The maximum absolute atomic E-state index is 12.3. The highest BCUT2D eigenvalue weighted by molar-refractivity contribution is 5.88. The zero-order valence-electron chi connectivity index (χ0n) is 14.0. The highest BCUT2D eigenvalue weighted by atomic mass is 16.5. The molecular weight excluding hydrogens is 290 g/mol. The van der Waals surface area contributed by atoms with Gasteiger partial charge in [-0.25, -0.2) is 4.79 Å². The maximum Gasteiger partial charge on any atom is 0.331 e. The molecule has 4 nitrogen and oxygen atoms in total. The van der Waals surface area contributed by atoms with Gasteiger partial charge in [0.1, 0.15) is 5.54 Å². The molecule has 0 saturated heterocycles. The third-order valence-electron chi connectivity index (χ3n) is 4.46. The van der Waals surface area contributed by atoms with Crippen LogP contribution in [-0.4, -0.2) is 24.0 Å². The highest BCUT2D eigenvalue weighted by Crippen LogP contribution is 2.29. The summed E-state index contributed by atoms with van der Waals surface area (Å²) < 4.78 is 5.21. The minimum absolute atomic E-state index is 0.0455. The Hall–Kier alpha value is -1.84. The van der Waals surface area contributed by atoms with Gasteiger partial charge in [-0.15, -0.1) is 0 Å². The molecule has 23 heavy (non-hydrogen) atoms. The summed E-state index contributed by atoms with van der Waals surface area (Å²) in [5, 5.41) is 2.99. The van der Waals surface area contributed by atoms with Gasteiger partial charge in [0.05, 0.1) is 6.61 Å². The van der Waals surface area contributed by atoms with Crippen molar-refractivity contribution in [3.8, 4) is 0 Å². The minimum Gasteiger partial charge on any atom is -0.464 e. The van der Waals surface area contributed by atoms with E-state index in [0.29, 0.717) is 25.9 Å². The summed E-state index contributed by atoms with van der Waals surface area (Å²) in [7, 11) is 0. The molecule has 0 unspecified atom stereocenters. The van der Waals surface area contributed by atoms with Crippen molar-refractivity contribution in [3.05, 3.63) is 35.9 Å². The molecule has 1 saturated carbocycles. The lowest BCUT2D eigenvalue weighted by molar-refractivity contribution is -0.155. The number of amides is 1. The number of carbonyl (C=O) groups excluding carboxylic acids is 2. The second-order valence-corrected chi connectivity index (χ2v) is 6.25. The summed E-state index contributed by atoms with van der Waals surface area (Å²) in [6.45, 7) is 2.15. The van der Waals surface area contributed by atoms with Crippen molar-refractivity contribution < 1.29 is 14.3 Å². The van der Waals surface area contributed by atoms with Gasteiger partial charge in [-0.05, 0) is 38.2 Å². The summed E-state index contributed by atoms with van der Waals surface area (Å²) in [6, 6.07) is 10.1. The van der Waals surface area contributed by atoms with Crippen LogP contribution in [0.2, 0.25) is 0 Å². The summed E-state index contributed by atoms with van der Waals surface area (Å²) in [5.74, 6) is -0.313. The molecule has 1 aromatic carbocycles. The Labute approximate surface area is 138 Å². The van der Waals surface area contributed by atoms with Crippen molar-refractivity contribution in [2.45, 2.75) is 63.8 Å². The van der Waals surface area contributed by atoms with Crippen molar-refractivity contribution in [1.82, 2.24) is 5.32 Å². The molecular formula is C19H27NO3. The standard InChI is InChI=1S/C19H27NO3/c1-2-23-18(22)19(14-7-4-8-15-19)20-17(21)13-9-12-16-10-5-3-6-11-16/h3,5-6,10-11H,2,4,7-9,12-15H2,1H3,(H,20,21). The Bertz CT molecular complexity index is 507. The zero-order valence-corrected chi connectivity index (χ0v) is 14.0. The number of aryl methyl sites for hydroxylation is 1. The highest BCUT2D eigenvalue weighted by Gasteiger charge is 2.41. The van der Waals surface area contributed by atoms with E-state index in [4.69, 9.17) is 4.74 Å². The molecule has 0 bridgehead atoms. The van der Waals surface area contributed by atoms with Gasteiger partial charge in [0, 0.05) is 6.42 Å². The smallest absolute Gasteiger partial charge is 0.331 e. The number of hydrogen-bond acceptors (Lipinski definition) is 3. The van der Waals surface area contributed by atoms with Crippen LogP contribution in [0.5, 0.6) is 0 Å². The molecule has 0 aromatic heterocycles. The van der Waals surface area contributed by atoms with Crippen molar-refractivity contribution in [2.75, 3.05) is 6.61 Å². The van der Waals surface area contributed by atoms with E-state index in [2.05, 4.69) is 17.4 Å². The maximum atomic E-state index is 12.3. The van der Waals surface area contributed by atoms with Gasteiger partial charge in [0.2, 0.25) is 5.91 Å². The van der Waals surface area contributed by atoms with Crippen molar-refractivity contribution in [2.24, 2.45) is 0 Å². The lowest BCUT2D eigenvalue weighted by atomic mass is 9.81. The molecule has 4 heteroatoms. The number of esters is 1. The molecule has 1 amide bonds. The van der Waals surface area contributed by atoms with Gasteiger partial charge in [-0.2, -0.15) is 0 Å². The fourth-order valence-corrected chi connectivity index (χ4v) is 3.23. The second kappa shape index (κ2) is 8.70. The Kier molecular flexibility index (Phi) is 6.63. The van der Waals surface area contributed by atoms with E-state index >= 15 is 0 Å². The lowest BCUT2D eigenvalue weighted by Gasteiger charge is -2.35. The minimum atomic E-state index is -0.794. The molecule has 1 aliphatic rings. The SMILES string of the molecule is CCOC(=O)C1(NC(=O)CCCc2ccccc2)CCCCC1. The van der Waals surface area contributed by atoms with Gasteiger partial charge in [-0.3, -0.25) is 4.79 Å². The molecule has 2 rings (SSSR count). The zero-order chi connectivity index (χ0) is 16.5. The largest absolute Gasteiger partial charge is 0.464 e. The fourth-order valence-electron chi connectivity index (χ4n) is 3.23. The van der Waals surface area contributed by atoms with E-state index in [1.165, 1.54) is 5.56 Å². The number of ether oxygens (including phenoxy) is 1. The van der Waals surface area contributed by atoms with Gasteiger partial charge in [0.25, 0.3) is 0 Å². The van der Waals surface area contributed by atoms with Crippen LogP contribution in [0.1, 0.15) is 57.4 Å². The average molecular weight is 317 g/mol. The van der Waals surface area contributed by atoms with E-state index in [9.17, 15) is 9.59 Å². The predicted octanol–water partition coefficient (Wildman–Crippen LogP) is 3.39. The van der Waals surface area contributed by atoms with Crippen molar-refractivity contribution >= 4 is 11.9 Å². The van der Waals surface area contributed by atoms with Crippen LogP contribution in [0.3, 0.4) is 0 Å². The van der Waals surface area contributed by atoms with Crippen molar-refractivity contribution in [1.29, 1.82) is 0 Å². The summed E-state index contributed by atoms with van der Waals surface area (Å²) in [6.07, 6.45) is 6.52. The summed E-state index contributed by atoms with van der Waals surface area (Å²) >= 11 is 0. The van der Waals surface area contributed by atoms with E-state index in [1.807, 2.05) is 18.2 Å². The number of benzene rings is 1. The van der Waals surface area contributed by atoms with Crippen LogP contribution in [0.25, 0.3) is 0 Å². The molecule has 0 spiro atoms. The Morgan fingerprint density at radius 2 is 1.83 bits per heavy atom. The van der Waals surface area contributed by atoms with Gasteiger partial charge in [-0.1, -0.05) is 49.6 Å². The first-order valence-corrected chi connectivity index (χ1v) is 8.68. The third kappa shape index (κ3) is 5.08. The van der Waals surface area contributed by atoms with Gasteiger partial charge >= 0.3 is 5.97 Å². The monoisotopic (exact) mass is 317 g/mol. The number of rotatable bonds is 7. The van der Waals surface area contributed by atoms with E-state index in [0.717, 1.165) is 32.1 Å². The quantitative estimate of drug-likeness (QED) is 0.784. The predicted molar refractivity (Wildman–Crippen MR) is 90.0 cm³/mol. The number of hydrogen-bond donors (Lipinski definition) is 1. The first kappa shape index (κ1) is 17.5. The average Bonchev–Trinajstić information content (AvgIpc) is 2.57. The topological polar surface area (TPSA) is 55.4 Å². The molecule has 0 aliphatic heterocycles. The fraction of sp³-hybridized carbons (Fsp3) is 0.579. The number of carbonyl (C=O) groups is 2. The Morgan fingerprint density at radius 1 is 1.13 bits per heavy atom. The lowest BCUT2D eigenvalue weighted by Crippen LogP contribution is -2.56. The Morgan fingerprint density at radius 3 is 2.48 bits per heavy atom. The molecule has 1 fully saturated rings. The molecule has 126 valence electrons. The van der Waals surface area contributed by atoms with Gasteiger partial charge < -0.3 is 10.1 Å². The van der Waals surface area contributed by atoms with Crippen LogP contribution in [0.15, 0.2) is 30.3 Å². The molecule has 1 aromatic rings. The van der Waals surface area contributed by atoms with Crippen LogP contribution in [0.4, 0.5) is 0 Å². The summed E-state index contributed by atoms with van der Waals surface area (Å²) in [5.41, 5.74) is 0.441. The van der Waals surface area contributed by atoms with E-state index < -0.39 is 5.54 Å². The third-order valence-corrected chi connectivity index (χ3v) is 4.46.